The van der Waals surface area contributed by atoms with Crippen LogP contribution < -0.4 is 10.1 Å². The van der Waals surface area contributed by atoms with Gasteiger partial charge in [0.2, 0.25) is 11.4 Å². The fraction of sp³-hybridized carbons (Fsp3) is 0.667. The average Bonchev–Trinajstić information content (AvgIpc) is 2.61. The van der Waals surface area contributed by atoms with Crippen LogP contribution in [-0.4, -0.2) is 44.0 Å². The van der Waals surface area contributed by atoms with Gasteiger partial charge >= 0.3 is 15.2 Å². The molecule has 0 aliphatic heterocycles. The van der Waals surface area contributed by atoms with Gasteiger partial charge < -0.3 is 28.1 Å². The van der Waals surface area contributed by atoms with Gasteiger partial charge in [-0.25, -0.2) is 4.98 Å². The number of ether oxygens (including phenoxy) is 1. The van der Waals surface area contributed by atoms with E-state index in [0.717, 1.165) is 0 Å². The Morgan fingerprint density at radius 3 is 1.69 bits per heavy atom. The second-order valence-corrected chi connectivity index (χ2v) is 9.49. The third-order valence-corrected chi connectivity index (χ3v) is 8.70. The number of nitrogens with zero attached hydrogens (tertiary/aromatic N) is 1. The Labute approximate surface area is 154 Å². The molecule has 0 fully saturated rings. The summed E-state index contributed by atoms with van der Waals surface area (Å²) in [4.78, 5) is 4.07. The molecule has 0 saturated heterocycles. The Hall–Kier alpha value is -0.950. The summed E-state index contributed by atoms with van der Waals surface area (Å²) < 4.78 is 53.2. The van der Waals surface area contributed by atoms with Crippen molar-refractivity contribution >= 4 is 20.9 Å². The molecule has 11 heteroatoms. The molecule has 0 atom stereocenters. The standard InChI is InChI=1S/C15H28N2O7P2/c1-6-21-25(18,22-7-2)15(26(19,23-8-3)24-9-4)17-13-10-11-14(20-5)16-12-13/h10-12,15,17H,6-9H2,1-5H3. The van der Waals surface area contributed by atoms with E-state index >= 15 is 0 Å². The van der Waals surface area contributed by atoms with Crippen molar-refractivity contribution in [2.24, 2.45) is 0 Å². The van der Waals surface area contributed by atoms with Crippen molar-refractivity contribution in [2.45, 2.75) is 33.2 Å². The number of aromatic nitrogens is 1. The Morgan fingerprint density at radius 1 is 0.923 bits per heavy atom. The topological polar surface area (TPSA) is 105 Å². The maximum atomic E-state index is 13.4. The zero-order valence-electron chi connectivity index (χ0n) is 15.8. The molecule has 1 rings (SSSR count). The lowest BCUT2D eigenvalue weighted by Crippen LogP contribution is -2.25. The molecule has 1 aromatic heterocycles. The van der Waals surface area contributed by atoms with Gasteiger partial charge in [0.1, 0.15) is 0 Å². The molecule has 0 unspecified atom stereocenters. The second-order valence-electron chi connectivity index (χ2n) is 4.86. The van der Waals surface area contributed by atoms with Gasteiger partial charge in [-0.15, -0.1) is 0 Å². The highest BCUT2D eigenvalue weighted by atomic mass is 31.2. The van der Waals surface area contributed by atoms with E-state index in [0.29, 0.717) is 11.6 Å². The van der Waals surface area contributed by atoms with Crippen LogP contribution in [0, 0.1) is 0 Å². The molecule has 0 aliphatic rings. The van der Waals surface area contributed by atoms with E-state index in [1.165, 1.54) is 13.3 Å². The van der Waals surface area contributed by atoms with E-state index < -0.39 is 20.7 Å². The van der Waals surface area contributed by atoms with Crippen LogP contribution in [0.3, 0.4) is 0 Å². The Balaban J connectivity index is 3.33. The van der Waals surface area contributed by atoms with Crippen molar-refractivity contribution < 1.29 is 32.0 Å². The van der Waals surface area contributed by atoms with Crippen LogP contribution in [0.2, 0.25) is 0 Å². The van der Waals surface area contributed by atoms with Gasteiger partial charge in [-0.05, 0) is 33.8 Å². The van der Waals surface area contributed by atoms with Gasteiger partial charge in [0.25, 0.3) is 0 Å². The molecule has 26 heavy (non-hydrogen) atoms. The van der Waals surface area contributed by atoms with Crippen molar-refractivity contribution in [3.05, 3.63) is 18.3 Å². The van der Waals surface area contributed by atoms with Gasteiger partial charge in [-0.1, -0.05) is 0 Å². The van der Waals surface area contributed by atoms with E-state index in [1.807, 2.05) is 0 Å². The molecule has 1 N–H and O–H groups in total. The van der Waals surface area contributed by atoms with Crippen LogP contribution in [0.1, 0.15) is 27.7 Å². The minimum atomic E-state index is -3.88. The van der Waals surface area contributed by atoms with E-state index in [1.54, 1.807) is 39.8 Å². The second kappa shape index (κ2) is 11.0. The first-order chi connectivity index (χ1) is 12.4. The number of anilines is 1. The molecule has 9 nitrogen and oxygen atoms in total. The fourth-order valence-corrected chi connectivity index (χ4v) is 7.10. The van der Waals surface area contributed by atoms with Crippen LogP contribution in [-0.2, 0) is 27.2 Å². The normalized spacial score (nSPS) is 12.4. The highest BCUT2D eigenvalue weighted by Gasteiger charge is 2.51. The van der Waals surface area contributed by atoms with Crippen LogP contribution in [0.5, 0.6) is 5.88 Å². The van der Waals surface area contributed by atoms with Crippen molar-refractivity contribution in [1.29, 1.82) is 0 Å². The maximum Gasteiger partial charge on any atom is 0.365 e. The van der Waals surface area contributed by atoms with Gasteiger partial charge in [0, 0.05) is 6.07 Å². The fourth-order valence-electron chi connectivity index (χ4n) is 2.14. The molecule has 150 valence electrons. The highest BCUT2D eigenvalue weighted by molar-refractivity contribution is 7.72. The molecule has 0 radical (unpaired) electrons. The van der Waals surface area contributed by atoms with Crippen molar-refractivity contribution in [2.75, 3.05) is 38.9 Å². The van der Waals surface area contributed by atoms with Crippen molar-refractivity contribution in [1.82, 2.24) is 4.98 Å². The SMILES string of the molecule is CCOP(=O)(OCC)C(Nc1ccc(OC)nc1)P(=O)(OCC)OCC. The van der Waals surface area contributed by atoms with Gasteiger partial charge in [-0.2, -0.15) is 0 Å². The molecule has 0 aliphatic carbocycles. The summed E-state index contributed by atoms with van der Waals surface area (Å²) in [7, 11) is -6.26. The molecular formula is C15H28N2O7P2. The van der Waals surface area contributed by atoms with Gasteiger partial charge in [0.05, 0.1) is 45.4 Å². The predicted octanol–water partition coefficient (Wildman–Crippen LogP) is 4.32. The van der Waals surface area contributed by atoms with Gasteiger partial charge in [0.15, 0.2) is 0 Å². The van der Waals surface area contributed by atoms with Crippen LogP contribution in [0.15, 0.2) is 18.3 Å². The summed E-state index contributed by atoms with van der Waals surface area (Å²) in [5.41, 5.74) is -0.903. The average molecular weight is 410 g/mol. The largest absolute Gasteiger partial charge is 0.481 e. The van der Waals surface area contributed by atoms with Crippen LogP contribution in [0.25, 0.3) is 0 Å². The minimum absolute atomic E-state index is 0.106. The smallest absolute Gasteiger partial charge is 0.365 e. The Morgan fingerprint density at radius 2 is 1.38 bits per heavy atom. The first-order valence-electron chi connectivity index (χ1n) is 8.43. The zero-order valence-corrected chi connectivity index (χ0v) is 17.6. The summed E-state index contributed by atoms with van der Waals surface area (Å²) in [5.74, 6) is 0.405. The summed E-state index contributed by atoms with van der Waals surface area (Å²) in [5, 5.41) is 2.91. The Kier molecular flexibility index (Phi) is 9.79. The van der Waals surface area contributed by atoms with Crippen molar-refractivity contribution in [3.8, 4) is 5.88 Å². The summed E-state index contributed by atoms with van der Waals surface area (Å²) in [6.45, 7) is 7.11. The maximum absolute atomic E-state index is 13.4. The van der Waals surface area contributed by atoms with Crippen molar-refractivity contribution in [3.63, 3.8) is 0 Å². The van der Waals surface area contributed by atoms with E-state index in [2.05, 4.69) is 10.3 Å². The number of rotatable bonds is 13. The lowest BCUT2D eigenvalue weighted by Gasteiger charge is -2.32. The van der Waals surface area contributed by atoms with Gasteiger partial charge in [-0.3, -0.25) is 9.13 Å². The van der Waals surface area contributed by atoms with E-state index in [-0.39, 0.29) is 26.4 Å². The number of hydrogen-bond acceptors (Lipinski definition) is 9. The molecule has 0 saturated carbocycles. The number of hydrogen-bond donors (Lipinski definition) is 1. The first-order valence-corrected chi connectivity index (χ1v) is 11.7. The minimum Gasteiger partial charge on any atom is -0.481 e. The zero-order chi connectivity index (χ0) is 19.6. The molecule has 0 spiro atoms. The molecule has 1 heterocycles. The van der Waals surface area contributed by atoms with E-state index in [9.17, 15) is 9.13 Å². The monoisotopic (exact) mass is 410 g/mol. The number of nitrogens with one attached hydrogen (secondary N) is 1. The molecule has 1 aromatic rings. The third-order valence-electron chi connectivity index (χ3n) is 3.08. The first kappa shape index (κ1) is 23.1. The van der Waals surface area contributed by atoms with Crippen LogP contribution in [0.4, 0.5) is 5.69 Å². The van der Waals surface area contributed by atoms with E-state index in [4.69, 9.17) is 22.8 Å². The quantitative estimate of drug-likeness (QED) is 0.476. The molecule has 0 aromatic carbocycles. The highest BCUT2D eigenvalue weighted by Crippen LogP contribution is 2.70. The molecule has 0 amide bonds. The molecular weight excluding hydrogens is 382 g/mol. The number of methoxy groups -OCH3 is 1. The predicted molar refractivity (Wildman–Crippen MR) is 99.9 cm³/mol. The summed E-state index contributed by atoms with van der Waals surface area (Å²) >= 11 is 0. The lowest BCUT2D eigenvalue weighted by atomic mass is 10.4. The number of pyridine rings is 1. The lowest BCUT2D eigenvalue weighted by molar-refractivity contribution is 0.198. The third kappa shape index (κ3) is 6.05. The summed E-state index contributed by atoms with van der Waals surface area (Å²) in [6, 6.07) is 3.25. The Bertz CT molecular complexity index is 577. The molecule has 0 bridgehead atoms. The van der Waals surface area contributed by atoms with Crippen LogP contribution >= 0.6 is 15.2 Å². The summed E-state index contributed by atoms with van der Waals surface area (Å²) in [6.07, 6.45) is 1.45.